The van der Waals surface area contributed by atoms with Crippen LogP contribution in [-0.4, -0.2) is 38.4 Å². The summed E-state index contributed by atoms with van der Waals surface area (Å²) in [5.41, 5.74) is 3.07. The molecule has 0 unspecified atom stereocenters. The highest BCUT2D eigenvalue weighted by molar-refractivity contribution is 7.99. The van der Waals surface area contributed by atoms with E-state index in [0.29, 0.717) is 6.54 Å². The van der Waals surface area contributed by atoms with Crippen LogP contribution in [0.15, 0.2) is 53.7 Å². The number of aromatic nitrogens is 3. The van der Waals surface area contributed by atoms with Crippen LogP contribution >= 0.6 is 11.8 Å². The summed E-state index contributed by atoms with van der Waals surface area (Å²) in [6.45, 7) is 5.25. The normalized spacial score (nSPS) is 10.9. The Morgan fingerprint density at radius 3 is 2.54 bits per heavy atom. The van der Waals surface area contributed by atoms with Gasteiger partial charge < -0.3 is 9.47 Å². The van der Waals surface area contributed by atoms with E-state index in [1.54, 1.807) is 24.1 Å². The van der Waals surface area contributed by atoms with Crippen molar-refractivity contribution in [1.82, 2.24) is 19.7 Å². The standard InChI is InChI=1S/C21H23FN4OS/c1-4-26-20(18-8-6-5-7-15(18)2)23-24-21(26)28-14-19(27)25(3)13-16-9-11-17(22)12-10-16/h5-12H,4,13-14H2,1-3H3. The largest absolute Gasteiger partial charge is 0.341 e. The zero-order valence-corrected chi connectivity index (χ0v) is 17.0. The number of hydrogen-bond acceptors (Lipinski definition) is 4. The predicted octanol–water partition coefficient (Wildman–Crippen LogP) is 4.16. The molecule has 0 saturated heterocycles. The molecule has 1 aromatic heterocycles. The molecule has 28 heavy (non-hydrogen) atoms. The molecule has 0 fully saturated rings. The van der Waals surface area contributed by atoms with Crippen LogP contribution in [0.1, 0.15) is 18.1 Å². The molecule has 0 aliphatic rings. The molecule has 1 heterocycles. The molecule has 7 heteroatoms. The summed E-state index contributed by atoms with van der Waals surface area (Å²) in [6, 6.07) is 14.2. The van der Waals surface area contributed by atoms with Crippen LogP contribution < -0.4 is 0 Å². The Balaban J connectivity index is 1.66. The van der Waals surface area contributed by atoms with E-state index in [1.807, 2.05) is 42.7 Å². The van der Waals surface area contributed by atoms with Crippen molar-refractivity contribution in [3.8, 4) is 11.4 Å². The third-order valence-corrected chi connectivity index (χ3v) is 5.45. The zero-order chi connectivity index (χ0) is 20.1. The molecule has 5 nitrogen and oxygen atoms in total. The molecule has 146 valence electrons. The number of halogens is 1. The summed E-state index contributed by atoms with van der Waals surface area (Å²) in [6.07, 6.45) is 0. The van der Waals surface area contributed by atoms with Gasteiger partial charge in [0.1, 0.15) is 5.82 Å². The summed E-state index contributed by atoms with van der Waals surface area (Å²) in [4.78, 5) is 14.1. The minimum atomic E-state index is -0.281. The molecule has 0 radical (unpaired) electrons. The Hall–Kier alpha value is -2.67. The molecule has 0 N–H and O–H groups in total. The van der Waals surface area contributed by atoms with Crippen LogP contribution in [0.3, 0.4) is 0 Å². The van der Waals surface area contributed by atoms with E-state index < -0.39 is 0 Å². The Morgan fingerprint density at radius 1 is 1.14 bits per heavy atom. The van der Waals surface area contributed by atoms with E-state index in [2.05, 4.69) is 10.2 Å². The molecule has 1 amide bonds. The van der Waals surface area contributed by atoms with Gasteiger partial charge in [0.2, 0.25) is 5.91 Å². The number of thioether (sulfide) groups is 1. The predicted molar refractivity (Wildman–Crippen MR) is 109 cm³/mol. The lowest BCUT2D eigenvalue weighted by Gasteiger charge is -2.17. The van der Waals surface area contributed by atoms with Crippen LogP contribution in [0.25, 0.3) is 11.4 Å². The SMILES string of the molecule is CCn1c(SCC(=O)N(C)Cc2ccc(F)cc2)nnc1-c1ccccc1C. The van der Waals surface area contributed by atoms with E-state index in [1.165, 1.54) is 23.9 Å². The first kappa shape index (κ1) is 20.1. The first-order chi connectivity index (χ1) is 13.5. The van der Waals surface area contributed by atoms with Gasteiger partial charge in [-0.2, -0.15) is 0 Å². The van der Waals surface area contributed by atoms with Crippen molar-refractivity contribution in [2.75, 3.05) is 12.8 Å². The van der Waals surface area contributed by atoms with Crippen LogP contribution in [0, 0.1) is 12.7 Å². The summed E-state index contributed by atoms with van der Waals surface area (Å²) in [5.74, 6) is 0.785. The lowest BCUT2D eigenvalue weighted by atomic mass is 10.1. The lowest BCUT2D eigenvalue weighted by molar-refractivity contribution is -0.127. The summed E-state index contributed by atoms with van der Waals surface area (Å²) < 4.78 is 15.0. The van der Waals surface area contributed by atoms with Crippen LogP contribution in [0.4, 0.5) is 4.39 Å². The summed E-state index contributed by atoms with van der Waals surface area (Å²) in [7, 11) is 1.75. The smallest absolute Gasteiger partial charge is 0.233 e. The molecule has 0 atom stereocenters. The van der Waals surface area contributed by atoms with Gasteiger partial charge >= 0.3 is 0 Å². The van der Waals surface area contributed by atoms with Crippen molar-refractivity contribution >= 4 is 17.7 Å². The van der Waals surface area contributed by atoms with Crippen molar-refractivity contribution in [2.45, 2.75) is 32.1 Å². The Bertz CT molecular complexity index is 955. The topological polar surface area (TPSA) is 51.0 Å². The molecule has 0 saturated carbocycles. The van der Waals surface area contributed by atoms with E-state index >= 15 is 0 Å². The Morgan fingerprint density at radius 2 is 1.86 bits per heavy atom. The second kappa shape index (κ2) is 9.01. The number of carbonyl (C=O) groups excluding carboxylic acids is 1. The monoisotopic (exact) mass is 398 g/mol. The first-order valence-electron chi connectivity index (χ1n) is 9.10. The van der Waals surface area contributed by atoms with Crippen molar-refractivity contribution in [3.05, 3.63) is 65.5 Å². The van der Waals surface area contributed by atoms with Crippen LogP contribution in [-0.2, 0) is 17.9 Å². The van der Waals surface area contributed by atoms with Gasteiger partial charge in [-0.25, -0.2) is 4.39 Å². The minimum absolute atomic E-state index is 0.0163. The number of rotatable bonds is 7. The maximum atomic E-state index is 13.0. The lowest BCUT2D eigenvalue weighted by Crippen LogP contribution is -2.27. The number of nitrogens with zero attached hydrogens (tertiary/aromatic N) is 4. The van der Waals surface area contributed by atoms with Crippen molar-refractivity contribution in [1.29, 1.82) is 0 Å². The second-order valence-electron chi connectivity index (χ2n) is 6.53. The van der Waals surface area contributed by atoms with Gasteiger partial charge in [-0.05, 0) is 37.1 Å². The molecule has 0 spiro atoms. The number of aryl methyl sites for hydroxylation is 1. The van der Waals surface area contributed by atoms with Gasteiger partial charge in [0.15, 0.2) is 11.0 Å². The fourth-order valence-electron chi connectivity index (χ4n) is 2.89. The van der Waals surface area contributed by atoms with E-state index in [0.717, 1.165) is 34.2 Å². The van der Waals surface area contributed by atoms with Gasteiger partial charge in [-0.15, -0.1) is 10.2 Å². The average molecular weight is 399 g/mol. The van der Waals surface area contributed by atoms with E-state index in [9.17, 15) is 9.18 Å². The molecule has 0 aliphatic heterocycles. The number of benzene rings is 2. The van der Waals surface area contributed by atoms with Gasteiger partial charge in [0.05, 0.1) is 5.75 Å². The third-order valence-electron chi connectivity index (χ3n) is 4.50. The van der Waals surface area contributed by atoms with Crippen LogP contribution in [0.2, 0.25) is 0 Å². The second-order valence-corrected chi connectivity index (χ2v) is 7.47. The van der Waals surface area contributed by atoms with Crippen molar-refractivity contribution in [2.24, 2.45) is 0 Å². The number of carbonyl (C=O) groups is 1. The van der Waals surface area contributed by atoms with E-state index in [-0.39, 0.29) is 17.5 Å². The quantitative estimate of drug-likeness (QED) is 0.561. The van der Waals surface area contributed by atoms with Crippen molar-refractivity contribution < 1.29 is 9.18 Å². The zero-order valence-electron chi connectivity index (χ0n) is 16.2. The minimum Gasteiger partial charge on any atom is -0.341 e. The van der Waals surface area contributed by atoms with Crippen molar-refractivity contribution in [3.63, 3.8) is 0 Å². The maximum Gasteiger partial charge on any atom is 0.233 e. The fourth-order valence-corrected chi connectivity index (χ4v) is 3.83. The Kier molecular flexibility index (Phi) is 6.46. The molecule has 0 bridgehead atoms. The van der Waals surface area contributed by atoms with Gasteiger partial charge in [-0.1, -0.05) is 48.2 Å². The molecule has 3 aromatic rings. The molecule has 2 aromatic carbocycles. The molecular formula is C21H23FN4OS. The highest BCUT2D eigenvalue weighted by Crippen LogP contribution is 2.26. The van der Waals surface area contributed by atoms with Gasteiger partial charge in [0.25, 0.3) is 0 Å². The average Bonchev–Trinajstić information content (AvgIpc) is 3.10. The molecule has 0 aliphatic carbocycles. The highest BCUT2D eigenvalue weighted by Gasteiger charge is 2.17. The highest BCUT2D eigenvalue weighted by atomic mass is 32.2. The van der Waals surface area contributed by atoms with Crippen LogP contribution in [0.5, 0.6) is 0 Å². The molecular weight excluding hydrogens is 375 g/mol. The Labute approximate surface area is 168 Å². The third kappa shape index (κ3) is 4.59. The number of amides is 1. The van der Waals surface area contributed by atoms with E-state index in [4.69, 9.17) is 0 Å². The summed E-state index contributed by atoms with van der Waals surface area (Å²) >= 11 is 1.38. The first-order valence-corrected chi connectivity index (χ1v) is 10.1. The van der Waals surface area contributed by atoms with Gasteiger partial charge in [0, 0.05) is 25.7 Å². The fraction of sp³-hybridized carbons (Fsp3) is 0.286. The summed E-state index contributed by atoms with van der Waals surface area (Å²) in [5, 5.41) is 9.37. The number of hydrogen-bond donors (Lipinski definition) is 0. The molecule has 3 rings (SSSR count). The maximum absolute atomic E-state index is 13.0. The van der Waals surface area contributed by atoms with Gasteiger partial charge in [-0.3, -0.25) is 4.79 Å².